The highest BCUT2D eigenvalue weighted by molar-refractivity contribution is 6.34. The van der Waals surface area contributed by atoms with Crippen LogP contribution < -0.4 is 5.32 Å². The zero-order chi connectivity index (χ0) is 14.1. The Kier molecular flexibility index (Phi) is 3.64. The fraction of sp³-hybridized carbons (Fsp3) is 0.200. The third-order valence-electron chi connectivity index (χ3n) is 3.47. The van der Waals surface area contributed by atoms with E-state index in [0.29, 0.717) is 5.02 Å². The van der Waals surface area contributed by atoms with Gasteiger partial charge in [-0.25, -0.2) is 4.98 Å². The number of fused-ring (bicyclic) bond motifs is 1. The molecule has 0 radical (unpaired) electrons. The minimum absolute atomic E-state index is 0.00977. The Morgan fingerprint density at radius 1 is 1.20 bits per heavy atom. The first-order valence-electron chi connectivity index (χ1n) is 6.36. The summed E-state index contributed by atoms with van der Waals surface area (Å²) in [6.07, 6.45) is 1.86. The van der Waals surface area contributed by atoms with Gasteiger partial charge in [-0.05, 0) is 36.1 Å². The number of amides is 1. The highest BCUT2D eigenvalue weighted by atomic mass is 35.5. The Balaban J connectivity index is 1.82. The molecule has 1 atom stereocenters. The van der Waals surface area contributed by atoms with Crippen LogP contribution in [-0.4, -0.2) is 10.9 Å². The first-order chi connectivity index (χ1) is 9.65. The maximum absolute atomic E-state index is 12.3. The van der Waals surface area contributed by atoms with Crippen LogP contribution in [0.2, 0.25) is 10.2 Å². The number of benzene rings is 1. The number of aryl methyl sites for hydroxylation is 1. The second-order valence-corrected chi connectivity index (χ2v) is 5.52. The van der Waals surface area contributed by atoms with Crippen molar-refractivity contribution in [2.24, 2.45) is 0 Å². The summed E-state index contributed by atoms with van der Waals surface area (Å²) in [4.78, 5) is 16.3. The Hall–Kier alpha value is -1.58. The third kappa shape index (κ3) is 2.51. The van der Waals surface area contributed by atoms with Crippen molar-refractivity contribution in [2.75, 3.05) is 0 Å². The van der Waals surface area contributed by atoms with Crippen molar-refractivity contribution in [2.45, 2.75) is 18.9 Å². The van der Waals surface area contributed by atoms with Crippen molar-refractivity contribution in [1.82, 2.24) is 10.3 Å². The van der Waals surface area contributed by atoms with Gasteiger partial charge in [0.1, 0.15) is 10.8 Å². The van der Waals surface area contributed by atoms with Crippen molar-refractivity contribution in [3.8, 4) is 0 Å². The van der Waals surface area contributed by atoms with Crippen LogP contribution in [0.25, 0.3) is 0 Å². The molecule has 1 amide bonds. The fourth-order valence-corrected chi connectivity index (χ4v) is 2.85. The molecule has 2 aromatic rings. The van der Waals surface area contributed by atoms with E-state index in [1.54, 1.807) is 12.1 Å². The molecule has 1 unspecified atom stereocenters. The lowest BCUT2D eigenvalue weighted by atomic mass is 10.1. The van der Waals surface area contributed by atoms with Gasteiger partial charge < -0.3 is 5.32 Å². The highest BCUT2D eigenvalue weighted by Gasteiger charge is 2.25. The lowest BCUT2D eigenvalue weighted by Gasteiger charge is -2.14. The maximum Gasteiger partial charge on any atom is 0.271 e. The molecular formula is C15H12Cl2N2O. The molecule has 3 rings (SSSR count). The van der Waals surface area contributed by atoms with Gasteiger partial charge in [0.25, 0.3) is 5.91 Å². The van der Waals surface area contributed by atoms with Crippen LogP contribution in [0.4, 0.5) is 0 Å². The van der Waals surface area contributed by atoms with Crippen molar-refractivity contribution in [3.63, 3.8) is 0 Å². The van der Waals surface area contributed by atoms with E-state index in [1.807, 2.05) is 18.2 Å². The number of rotatable bonds is 2. The molecule has 1 aliphatic carbocycles. The molecule has 0 aliphatic heterocycles. The van der Waals surface area contributed by atoms with E-state index < -0.39 is 0 Å². The van der Waals surface area contributed by atoms with E-state index in [9.17, 15) is 4.79 Å². The van der Waals surface area contributed by atoms with Gasteiger partial charge in [-0.15, -0.1) is 0 Å². The SMILES string of the molecule is O=C(NC1CCc2ccccc21)c1nc(Cl)ccc1Cl. The molecule has 20 heavy (non-hydrogen) atoms. The summed E-state index contributed by atoms with van der Waals surface area (Å²) in [6.45, 7) is 0. The minimum atomic E-state index is -0.292. The summed E-state index contributed by atoms with van der Waals surface area (Å²) in [5, 5.41) is 3.53. The van der Waals surface area contributed by atoms with Crippen molar-refractivity contribution in [1.29, 1.82) is 0 Å². The molecule has 1 aromatic heterocycles. The van der Waals surface area contributed by atoms with Gasteiger partial charge >= 0.3 is 0 Å². The van der Waals surface area contributed by atoms with Gasteiger partial charge in [0, 0.05) is 0 Å². The van der Waals surface area contributed by atoms with Crippen LogP contribution in [0.3, 0.4) is 0 Å². The first kappa shape index (κ1) is 13.4. The van der Waals surface area contributed by atoms with Gasteiger partial charge in [0.05, 0.1) is 11.1 Å². The van der Waals surface area contributed by atoms with Crippen molar-refractivity contribution >= 4 is 29.1 Å². The number of halogens is 2. The molecule has 1 aliphatic rings. The van der Waals surface area contributed by atoms with Gasteiger partial charge in [0.15, 0.2) is 0 Å². The molecule has 1 N–H and O–H groups in total. The number of carbonyl (C=O) groups excluding carboxylic acids is 1. The quantitative estimate of drug-likeness (QED) is 0.857. The van der Waals surface area contributed by atoms with E-state index in [2.05, 4.69) is 16.4 Å². The summed E-state index contributed by atoms with van der Waals surface area (Å²) in [6, 6.07) is 11.3. The van der Waals surface area contributed by atoms with Gasteiger partial charge in [0.2, 0.25) is 0 Å². The predicted octanol–water partition coefficient (Wildman–Crippen LogP) is 3.81. The summed E-state index contributed by atoms with van der Waals surface area (Å²) in [7, 11) is 0. The van der Waals surface area contributed by atoms with E-state index in [4.69, 9.17) is 23.2 Å². The summed E-state index contributed by atoms with van der Waals surface area (Å²) in [5.74, 6) is -0.292. The average Bonchev–Trinajstić information content (AvgIpc) is 2.85. The predicted molar refractivity (Wildman–Crippen MR) is 79.2 cm³/mol. The standard InChI is InChI=1S/C15H12Cl2N2O/c16-11-6-8-13(17)19-14(11)15(20)18-12-7-5-9-3-1-2-4-10(9)12/h1-4,6,8,12H,5,7H2,(H,18,20). The van der Waals surface area contributed by atoms with Crippen LogP contribution in [0.1, 0.15) is 34.1 Å². The number of aromatic nitrogens is 1. The molecule has 3 nitrogen and oxygen atoms in total. The molecule has 5 heteroatoms. The average molecular weight is 307 g/mol. The van der Waals surface area contributed by atoms with Gasteiger partial charge in [-0.1, -0.05) is 47.5 Å². The number of hydrogen-bond acceptors (Lipinski definition) is 2. The largest absolute Gasteiger partial charge is 0.344 e. The summed E-state index contributed by atoms with van der Waals surface area (Å²) >= 11 is 11.8. The number of carbonyl (C=O) groups is 1. The molecule has 0 saturated carbocycles. The highest BCUT2D eigenvalue weighted by Crippen LogP contribution is 2.31. The smallest absolute Gasteiger partial charge is 0.271 e. The number of hydrogen-bond donors (Lipinski definition) is 1. The zero-order valence-corrected chi connectivity index (χ0v) is 12.1. The van der Waals surface area contributed by atoms with E-state index >= 15 is 0 Å². The molecule has 0 fully saturated rings. The molecule has 0 saturated heterocycles. The Morgan fingerprint density at radius 2 is 2.00 bits per heavy atom. The molecule has 102 valence electrons. The Labute approximate surface area is 126 Å². The van der Waals surface area contributed by atoms with Crippen LogP contribution in [0, 0.1) is 0 Å². The number of nitrogens with zero attached hydrogens (tertiary/aromatic N) is 1. The Bertz CT molecular complexity index is 673. The Morgan fingerprint density at radius 3 is 2.85 bits per heavy atom. The molecule has 1 heterocycles. The van der Waals surface area contributed by atoms with E-state index in [1.165, 1.54) is 11.1 Å². The monoisotopic (exact) mass is 306 g/mol. The van der Waals surface area contributed by atoms with Crippen molar-refractivity contribution < 1.29 is 4.79 Å². The van der Waals surface area contributed by atoms with Crippen LogP contribution >= 0.6 is 23.2 Å². The topological polar surface area (TPSA) is 42.0 Å². The zero-order valence-electron chi connectivity index (χ0n) is 10.6. The van der Waals surface area contributed by atoms with Gasteiger partial charge in [-0.2, -0.15) is 0 Å². The van der Waals surface area contributed by atoms with Crippen LogP contribution in [0.5, 0.6) is 0 Å². The second kappa shape index (κ2) is 5.43. The molecule has 0 spiro atoms. The van der Waals surface area contributed by atoms with Crippen LogP contribution in [0.15, 0.2) is 36.4 Å². The maximum atomic E-state index is 12.3. The lowest BCUT2D eigenvalue weighted by Crippen LogP contribution is -2.28. The van der Waals surface area contributed by atoms with Crippen molar-refractivity contribution in [3.05, 3.63) is 63.4 Å². The van der Waals surface area contributed by atoms with Gasteiger partial charge in [-0.3, -0.25) is 4.79 Å². The number of pyridine rings is 1. The van der Waals surface area contributed by atoms with E-state index in [0.717, 1.165) is 12.8 Å². The molecule has 1 aromatic carbocycles. The lowest BCUT2D eigenvalue weighted by molar-refractivity contribution is 0.0932. The summed E-state index contributed by atoms with van der Waals surface area (Å²) < 4.78 is 0. The fourth-order valence-electron chi connectivity index (χ4n) is 2.51. The van der Waals surface area contributed by atoms with Crippen LogP contribution in [-0.2, 0) is 6.42 Å². The minimum Gasteiger partial charge on any atom is -0.344 e. The first-order valence-corrected chi connectivity index (χ1v) is 7.11. The normalized spacial score (nSPS) is 16.8. The third-order valence-corrected chi connectivity index (χ3v) is 3.98. The molecular weight excluding hydrogens is 295 g/mol. The second-order valence-electron chi connectivity index (χ2n) is 4.73. The summed E-state index contributed by atoms with van der Waals surface area (Å²) in [5.41, 5.74) is 2.62. The molecule has 0 bridgehead atoms. The number of nitrogens with one attached hydrogen (secondary N) is 1. The van der Waals surface area contributed by atoms with E-state index in [-0.39, 0.29) is 22.8 Å².